The molecule has 2 aromatic rings. The van der Waals surface area contributed by atoms with Crippen molar-refractivity contribution in [3.8, 4) is 5.75 Å². The van der Waals surface area contributed by atoms with Crippen molar-refractivity contribution in [1.82, 2.24) is 0 Å². The van der Waals surface area contributed by atoms with E-state index >= 15 is 0 Å². The van der Waals surface area contributed by atoms with Gasteiger partial charge in [-0.3, -0.25) is 9.59 Å². The van der Waals surface area contributed by atoms with Gasteiger partial charge in [0.25, 0.3) is 0 Å². The van der Waals surface area contributed by atoms with Crippen LogP contribution in [0.4, 0.5) is 11.4 Å². The molecule has 136 valence electrons. The molecule has 0 aliphatic heterocycles. The normalized spacial score (nSPS) is 18.2. The summed E-state index contributed by atoms with van der Waals surface area (Å²) in [6.45, 7) is 3.95. The molecule has 1 aliphatic rings. The van der Waals surface area contributed by atoms with Gasteiger partial charge in [0.1, 0.15) is 5.75 Å². The van der Waals surface area contributed by atoms with Crippen molar-refractivity contribution in [3.05, 3.63) is 52.5 Å². The van der Waals surface area contributed by atoms with Crippen LogP contribution in [0.15, 0.2) is 36.4 Å². The lowest BCUT2D eigenvalue weighted by Crippen LogP contribution is -2.21. The molecule has 5 nitrogen and oxygen atoms in total. The van der Waals surface area contributed by atoms with Crippen LogP contribution in [0.2, 0.25) is 5.02 Å². The number of methoxy groups -OCH3 is 1. The Morgan fingerprint density at radius 1 is 1.00 bits per heavy atom. The molecule has 2 unspecified atom stereocenters. The number of nitrogens with one attached hydrogen (secondary N) is 2. The zero-order valence-corrected chi connectivity index (χ0v) is 15.7. The number of rotatable bonds is 5. The Morgan fingerprint density at radius 2 is 1.65 bits per heavy atom. The molecule has 2 N–H and O–H groups in total. The van der Waals surface area contributed by atoms with E-state index in [2.05, 4.69) is 10.6 Å². The maximum Gasteiger partial charge on any atom is 0.228 e. The molecule has 1 aliphatic carbocycles. The molecule has 2 aromatic carbocycles. The lowest BCUT2D eigenvalue weighted by Gasteiger charge is -2.11. The Kier molecular flexibility index (Phi) is 5.18. The zero-order valence-electron chi connectivity index (χ0n) is 14.9. The molecule has 2 amide bonds. The second-order valence-electron chi connectivity index (χ2n) is 6.59. The summed E-state index contributed by atoms with van der Waals surface area (Å²) >= 11 is 5.98. The lowest BCUT2D eigenvalue weighted by atomic mass is 10.1. The van der Waals surface area contributed by atoms with Crippen LogP contribution in [-0.2, 0) is 9.59 Å². The smallest absolute Gasteiger partial charge is 0.228 e. The SMILES string of the molecule is COc1ccc(Cl)cc1NC(=O)C1CC1C(=O)Nc1ccc(C)cc1C. The minimum atomic E-state index is -0.343. The van der Waals surface area contributed by atoms with Gasteiger partial charge in [0.05, 0.1) is 24.6 Å². The third-order valence-corrected chi connectivity index (χ3v) is 4.76. The molecule has 6 heteroatoms. The maximum atomic E-state index is 12.4. The van der Waals surface area contributed by atoms with E-state index < -0.39 is 0 Å². The van der Waals surface area contributed by atoms with E-state index in [1.54, 1.807) is 18.2 Å². The minimum Gasteiger partial charge on any atom is -0.495 e. The molecule has 0 bridgehead atoms. The van der Waals surface area contributed by atoms with Crippen molar-refractivity contribution < 1.29 is 14.3 Å². The van der Waals surface area contributed by atoms with Crippen LogP contribution in [-0.4, -0.2) is 18.9 Å². The molecule has 3 rings (SSSR count). The van der Waals surface area contributed by atoms with Crippen molar-refractivity contribution >= 4 is 34.8 Å². The van der Waals surface area contributed by atoms with Gasteiger partial charge in [-0.1, -0.05) is 29.3 Å². The Morgan fingerprint density at radius 3 is 2.27 bits per heavy atom. The van der Waals surface area contributed by atoms with Gasteiger partial charge in [0.15, 0.2) is 0 Å². The van der Waals surface area contributed by atoms with E-state index in [0.29, 0.717) is 22.9 Å². The van der Waals surface area contributed by atoms with Gasteiger partial charge in [0, 0.05) is 10.7 Å². The number of hydrogen-bond donors (Lipinski definition) is 2. The monoisotopic (exact) mass is 372 g/mol. The number of ether oxygens (including phenoxy) is 1. The first-order chi connectivity index (χ1) is 12.4. The number of carbonyl (C=O) groups excluding carboxylic acids is 2. The summed E-state index contributed by atoms with van der Waals surface area (Å²) in [6.07, 6.45) is 0.533. The topological polar surface area (TPSA) is 67.4 Å². The molecule has 0 radical (unpaired) electrons. The summed E-state index contributed by atoms with van der Waals surface area (Å²) in [5.74, 6) is -0.466. The zero-order chi connectivity index (χ0) is 18.8. The van der Waals surface area contributed by atoms with Gasteiger partial charge in [-0.05, 0) is 50.1 Å². The fourth-order valence-electron chi connectivity index (χ4n) is 2.96. The summed E-state index contributed by atoms with van der Waals surface area (Å²) in [5, 5.41) is 6.22. The van der Waals surface area contributed by atoms with Crippen LogP contribution in [0.3, 0.4) is 0 Å². The number of carbonyl (C=O) groups is 2. The fourth-order valence-corrected chi connectivity index (χ4v) is 3.13. The Labute approximate surface area is 157 Å². The van der Waals surface area contributed by atoms with Crippen molar-refractivity contribution in [1.29, 1.82) is 0 Å². The van der Waals surface area contributed by atoms with Crippen molar-refractivity contribution in [2.24, 2.45) is 11.8 Å². The lowest BCUT2D eigenvalue weighted by molar-refractivity contribution is -0.122. The molecule has 26 heavy (non-hydrogen) atoms. The predicted molar refractivity (Wildman–Crippen MR) is 103 cm³/mol. The van der Waals surface area contributed by atoms with E-state index in [1.165, 1.54) is 7.11 Å². The molecule has 1 saturated carbocycles. The molecule has 0 aromatic heterocycles. The Hall–Kier alpha value is -2.53. The number of halogens is 1. The fraction of sp³-hybridized carbons (Fsp3) is 0.300. The highest BCUT2D eigenvalue weighted by Crippen LogP contribution is 2.41. The summed E-state index contributed by atoms with van der Waals surface area (Å²) in [6, 6.07) is 10.9. The second kappa shape index (κ2) is 7.38. The van der Waals surface area contributed by atoms with Gasteiger partial charge in [-0.15, -0.1) is 0 Å². The Bertz CT molecular complexity index is 866. The average molecular weight is 373 g/mol. The number of benzene rings is 2. The number of anilines is 2. The quantitative estimate of drug-likeness (QED) is 0.827. The molecular weight excluding hydrogens is 352 g/mol. The third kappa shape index (κ3) is 3.99. The van der Waals surface area contributed by atoms with Gasteiger partial charge < -0.3 is 15.4 Å². The maximum absolute atomic E-state index is 12.4. The predicted octanol–water partition coefficient (Wildman–Crippen LogP) is 4.18. The third-order valence-electron chi connectivity index (χ3n) is 4.52. The minimum absolute atomic E-state index is 0.129. The summed E-state index contributed by atoms with van der Waals surface area (Å²) in [7, 11) is 1.52. The Balaban J connectivity index is 1.62. The number of aryl methyl sites for hydroxylation is 2. The van der Waals surface area contributed by atoms with Gasteiger partial charge in [-0.2, -0.15) is 0 Å². The van der Waals surface area contributed by atoms with E-state index in [4.69, 9.17) is 16.3 Å². The highest BCUT2D eigenvalue weighted by atomic mass is 35.5. The number of amides is 2. The van der Waals surface area contributed by atoms with E-state index in [0.717, 1.165) is 16.8 Å². The number of hydrogen-bond acceptors (Lipinski definition) is 3. The first-order valence-electron chi connectivity index (χ1n) is 8.41. The van der Waals surface area contributed by atoms with Gasteiger partial charge in [-0.25, -0.2) is 0 Å². The highest BCUT2D eigenvalue weighted by Gasteiger charge is 2.48. The van der Waals surface area contributed by atoms with Crippen LogP contribution in [0.5, 0.6) is 5.75 Å². The molecule has 1 fully saturated rings. The van der Waals surface area contributed by atoms with E-state index in [1.807, 2.05) is 32.0 Å². The largest absolute Gasteiger partial charge is 0.495 e. The van der Waals surface area contributed by atoms with Crippen molar-refractivity contribution in [2.75, 3.05) is 17.7 Å². The molecule has 2 atom stereocenters. The van der Waals surface area contributed by atoms with E-state index in [9.17, 15) is 9.59 Å². The first kappa shape index (κ1) is 18.3. The van der Waals surface area contributed by atoms with Gasteiger partial charge >= 0.3 is 0 Å². The molecular formula is C20H21ClN2O3. The van der Waals surface area contributed by atoms with Crippen LogP contribution >= 0.6 is 11.6 Å². The first-order valence-corrected chi connectivity index (χ1v) is 8.79. The van der Waals surface area contributed by atoms with Crippen LogP contribution in [0, 0.1) is 25.7 Å². The molecule has 0 spiro atoms. The summed E-state index contributed by atoms with van der Waals surface area (Å²) < 4.78 is 5.22. The van der Waals surface area contributed by atoms with Crippen LogP contribution in [0.25, 0.3) is 0 Å². The second-order valence-corrected chi connectivity index (χ2v) is 7.03. The van der Waals surface area contributed by atoms with Crippen molar-refractivity contribution in [3.63, 3.8) is 0 Å². The van der Waals surface area contributed by atoms with Crippen LogP contribution < -0.4 is 15.4 Å². The van der Waals surface area contributed by atoms with Gasteiger partial charge in [0.2, 0.25) is 11.8 Å². The molecule has 0 saturated heterocycles. The van der Waals surface area contributed by atoms with E-state index in [-0.39, 0.29) is 23.7 Å². The van der Waals surface area contributed by atoms with Crippen molar-refractivity contribution in [2.45, 2.75) is 20.3 Å². The van der Waals surface area contributed by atoms with Crippen LogP contribution in [0.1, 0.15) is 17.5 Å². The summed E-state index contributed by atoms with van der Waals surface area (Å²) in [5.41, 5.74) is 3.43. The summed E-state index contributed by atoms with van der Waals surface area (Å²) in [4.78, 5) is 24.9. The average Bonchev–Trinajstić information content (AvgIpc) is 3.38. The molecule has 0 heterocycles. The highest BCUT2D eigenvalue weighted by molar-refractivity contribution is 6.31. The standard InChI is InChI=1S/C20H21ClN2O3/c1-11-4-6-16(12(2)8-11)22-19(24)14-10-15(14)20(25)23-17-9-13(21)5-7-18(17)26-3/h4-9,14-15H,10H2,1-3H3,(H,22,24)(H,23,25).